The number of hydrogen-bond donors (Lipinski definition) is 2. The molecule has 4 aromatic rings. The van der Waals surface area contributed by atoms with Gasteiger partial charge in [0.2, 0.25) is 5.91 Å². The summed E-state index contributed by atoms with van der Waals surface area (Å²) in [6.45, 7) is 1.72. The average molecular weight is 466 g/mol. The first-order valence-electron chi connectivity index (χ1n) is 10.1. The summed E-state index contributed by atoms with van der Waals surface area (Å²) in [5.41, 5.74) is 1.85. The molecule has 2 amide bonds. The second-order valence-corrected chi connectivity index (χ2v) is 8.20. The van der Waals surface area contributed by atoms with Gasteiger partial charge in [0, 0.05) is 24.8 Å². The van der Waals surface area contributed by atoms with Gasteiger partial charge in [-0.2, -0.15) is 0 Å². The Hall–Kier alpha value is -3.92. The van der Waals surface area contributed by atoms with E-state index in [1.165, 1.54) is 17.6 Å². The predicted molar refractivity (Wildman–Crippen MR) is 123 cm³/mol. The first-order chi connectivity index (χ1) is 15.9. The zero-order valence-corrected chi connectivity index (χ0v) is 19.2. The molecule has 0 aliphatic carbocycles. The quantitative estimate of drug-likeness (QED) is 0.412. The van der Waals surface area contributed by atoms with Crippen LogP contribution in [0.4, 0.5) is 5.13 Å². The maximum absolute atomic E-state index is 12.9. The Kier molecular flexibility index (Phi) is 6.55. The SMILES string of the molecule is COc1cccc(C(NC(=O)Cc2csc(NC(=O)c3ccoc3C)n2)c2nccn2C)c1. The monoisotopic (exact) mass is 465 g/mol. The van der Waals surface area contributed by atoms with Crippen molar-refractivity contribution in [3.8, 4) is 5.75 Å². The summed E-state index contributed by atoms with van der Waals surface area (Å²) in [5, 5.41) is 7.94. The van der Waals surface area contributed by atoms with Gasteiger partial charge in [-0.25, -0.2) is 9.97 Å². The lowest BCUT2D eigenvalue weighted by molar-refractivity contribution is -0.121. The zero-order chi connectivity index (χ0) is 23.4. The van der Waals surface area contributed by atoms with Gasteiger partial charge in [0.1, 0.15) is 23.4 Å². The van der Waals surface area contributed by atoms with E-state index in [1.807, 2.05) is 42.1 Å². The van der Waals surface area contributed by atoms with Crippen LogP contribution in [0.3, 0.4) is 0 Å². The van der Waals surface area contributed by atoms with E-state index in [2.05, 4.69) is 20.6 Å². The van der Waals surface area contributed by atoms with Crippen LogP contribution in [0, 0.1) is 6.92 Å². The number of rotatable bonds is 8. The van der Waals surface area contributed by atoms with Gasteiger partial charge < -0.3 is 19.0 Å². The van der Waals surface area contributed by atoms with Crippen LogP contribution in [0.5, 0.6) is 5.75 Å². The molecule has 1 aromatic carbocycles. The topological polar surface area (TPSA) is 111 Å². The largest absolute Gasteiger partial charge is 0.497 e. The molecular weight excluding hydrogens is 442 g/mol. The van der Waals surface area contributed by atoms with E-state index < -0.39 is 6.04 Å². The van der Waals surface area contributed by atoms with Gasteiger partial charge in [-0.05, 0) is 30.7 Å². The number of amides is 2. The minimum absolute atomic E-state index is 0.0575. The summed E-state index contributed by atoms with van der Waals surface area (Å²) in [7, 11) is 3.47. The number of nitrogens with zero attached hydrogens (tertiary/aromatic N) is 3. The number of anilines is 1. The van der Waals surface area contributed by atoms with Crippen LogP contribution in [0.15, 0.2) is 58.8 Å². The van der Waals surface area contributed by atoms with Crippen molar-refractivity contribution >= 4 is 28.3 Å². The number of hydrogen-bond acceptors (Lipinski definition) is 7. The normalized spacial score (nSPS) is 11.7. The third-order valence-corrected chi connectivity index (χ3v) is 5.87. The van der Waals surface area contributed by atoms with Crippen molar-refractivity contribution in [2.24, 2.45) is 7.05 Å². The van der Waals surface area contributed by atoms with Gasteiger partial charge in [0.05, 0.1) is 31.1 Å². The predicted octanol–water partition coefficient (Wildman–Crippen LogP) is 3.49. The molecule has 1 unspecified atom stereocenters. The summed E-state index contributed by atoms with van der Waals surface area (Å²) in [6.07, 6.45) is 5.03. The zero-order valence-electron chi connectivity index (χ0n) is 18.4. The van der Waals surface area contributed by atoms with Crippen molar-refractivity contribution in [1.82, 2.24) is 19.9 Å². The fourth-order valence-corrected chi connectivity index (χ4v) is 4.09. The lowest BCUT2D eigenvalue weighted by Crippen LogP contribution is -2.32. The van der Waals surface area contributed by atoms with E-state index >= 15 is 0 Å². The second-order valence-electron chi connectivity index (χ2n) is 7.34. The molecule has 0 radical (unpaired) electrons. The highest BCUT2D eigenvalue weighted by Crippen LogP contribution is 2.25. The maximum Gasteiger partial charge on any atom is 0.260 e. The number of nitrogens with one attached hydrogen (secondary N) is 2. The average Bonchev–Trinajstić information content (AvgIpc) is 3.54. The molecular formula is C23H23N5O4S. The molecule has 170 valence electrons. The Morgan fingerprint density at radius 2 is 2.15 bits per heavy atom. The lowest BCUT2D eigenvalue weighted by Gasteiger charge is -2.19. The van der Waals surface area contributed by atoms with E-state index in [-0.39, 0.29) is 18.2 Å². The smallest absolute Gasteiger partial charge is 0.260 e. The maximum atomic E-state index is 12.9. The highest BCUT2D eigenvalue weighted by atomic mass is 32.1. The molecule has 0 aliphatic heterocycles. The highest BCUT2D eigenvalue weighted by Gasteiger charge is 2.22. The molecule has 0 spiro atoms. The number of ether oxygens (including phenoxy) is 1. The number of furan rings is 1. The molecule has 0 bridgehead atoms. The van der Waals surface area contributed by atoms with Crippen LogP contribution in [0.2, 0.25) is 0 Å². The number of carbonyl (C=O) groups excluding carboxylic acids is 2. The fraction of sp³-hybridized carbons (Fsp3) is 0.217. The fourth-order valence-electron chi connectivity index (χ4n) is 3.38. The van der Waals surface area contributed by atoms with Gasteiger partial charge >= 0.3 is 0 Å². The molecule has 10 heteroatoms. The van der Waals surface area contributed by atoms with Crippen molar-refractivity contribution in [2.45, 2.75) is 19.4 Å². The van der Waals surface area contributed by atoms with Crippen molar-refractivity contribution in [3.05, 3.63) is 82.8 Å². The number of aromatic nitrogens is 3. The van der Waals surface area contributed by atoms with Gasteiger partial charge in [-0.15, -0.1) is 11.3 Å². The summed E-state index contributed by atoms with van der Waals surface area (Å²) in [6, 6.07) is 8.63. The van der Waals surface area contributed by atoms with Crippen LogP contribution < -0.4 is 15.4 Å². The van der Waals surface area contributed by atoms with Gasteiger partial charge in [0.15, 0.2) is 5.13 Å². The summed E-state index contributed by atoms with van der Waals surface area (Å²) in [5.74, 6) is 1.38. The second kappa shape index (κ2) is 9.70. The minimum Gasteiger partial charge on any atom is -0.497 e. The lowest BCUT2D eigenvalue weighted by atomic mass is 10.1. The molecule has 9 nitrogen and oxygen atoms in total. The van der Waals surface area contributed by atoms with E-state index in [0.29, 0.717) is 33.7 Å². The molecule has 0 aliphatic rings. The highest BCUT2D eigenvalue weighted by molar-refractivity contribution is 7.14. The van der Waals surface area contributed by atoms with E-state index in [1.54, 1.807) is 31.7 Å². The Labute approximate surface area is 194 Å². The molecule has 0 saturated carbocycles. The van der Waals surface area contributed by atoms with Crippen LogP contribution in [0.1, 0.15) is 39.2 Å². The first kappa shape index (κ1) is 22.3. The van der Waals surface area contributed by atoms with Crippen molar-refractivity contribution in [2.75, 3.05) is 12.4 Å². The van der Waals surface area contributed by atoms with Crippen LogP contribution in [-0.4, -0.2) is 33.5 Å². The number of aryl methyl sites for hydroxylation is 2. The Balaban J connectivity index is 1.46. The molecule has 3 heterocycles. The van der Waals surface area contributed by atoms with Crippen LogP contribution in [-0.2, 0) is 18.3 Å². The molecule has 1 atom stereocenters. The number of thiazole rings is 1. The summed E-state index contributed by atoms with van der Waals surface area (Å²) < 4.78 is 12.4. The summed E-state index contributed by atoms with van der Waals surface area (Å²) in [4.78, 5) is 34.0. The van der Waals surface area contributed by atoms with Crippen molar-refractivity contribution < 1.29 is 18.7 Å². The van der Waals surface area contributed by atoms with E-state index in [4.69, 9.17) is 9.15 Å². The standard InChI is InChI=1S/C23H23N5O4S/c1-14-18(7-10-32-14)22(30)27-23-25-16(13-33-23)12-19(29)26-20(21-24-8-9-28(21)2)15-5-4-6-17(11-15)31-3/h4-11,13,20H,12H2,1-3H3,(H,26,29)(H,25,27,30). The van der Waals surface area contributed by atoms with E-state index in [9.17, 15) is 9.59 Å². The first-order valence-corrected chi connectivity index (χ1v) is 11.0. The number of methoxy groups -OCH3 is 1. The Morgan fingerprint density at radius 3 is 2.85 bits per heavy atom. The van der Waals surface area contributed by atoms with Gasteiger partial charge in [-0.3, -0.25) is 14.9 Å². The van der Waals surface area contributed by atoms with Crippen molar-refractivity contribution in [1.29, 1.82) is 0 Å². The molecule has 2 N–H and O–H groups in total. The third kappa shape index (κ3) is 5.12. The molecule has 0 saturated heterocycles. The molecule has 4 rings (SSSR count). The number of benzene rings is 1. The summed E-state index contributed by atoms with van der Waals surface area (Å²) >= 11 is 1.26. The number of imidazole rings is 1. The molecule has 3 aromatic heterocycles. The van der Waals surface area contributed by atoms with Crippen LogP contribution >= 0.6 is 11.3 Å². The van der Waals surface area contributed by atoms with Crippen LogP contribution in [0.25, 0.3) is 0 Å². The van der Waals surface area contributed by atoms with Gasteiger partial charge in [0.25, 0.3) is 5.91 Å². The van der Waals surface area contributed by atoms with Gasteiger partial charge in [-0.1, -0.05) is 12.1 Å². The molecule has 33 heavy (non-hydrogen) atoms. The van der Waals surface area contributed by atoms with Crippen molar-refractivity contribution in [3.63, 3.8) is 0 Å². The Bertz CT molecular complexity index is 1280. The minimum atomic E-state index is -0.463. The number of carbonyl (C=O) groups is 2. The third-order valence-electron chi connectivity index (χ3n) is 5.07. The van der Waals surface area contributed by atoms with E-state index in [0.717, 1.165) is 5.56 Å². The Morgan fingerprint density at radius 1 is 1.30 bits per heavy atom. The molecule has 0 fully saturated rings.